The van der Waals surface area contributed by atoms with Gasteiger partial charge in [-0.25, -0.2) is 13.8 Å². The molecule has 6 nitrogen and oxygen atoms in total. The Morgan fingerprint density at radius 1 is 1.03 bits per heavy atom. The van der Waals surface area contributed by atoms with Gasteiger partial charge in [-0.2, -0.15) is 0 Å². The number of pyridine rings is 1. The van der Waals surface area contributed by atoms with Crippen LogP contribution in [0.25, 0.3) is 21.8 Å². The van der Waals surface area contributed by atoms with Crippen molar-refractivity contribution in [2.24, 2.45) is 0 Å². The quantitative estimate of drug-likeness (QED) is 0.514. The van der Waals surface area contributed by atoms with E-state index in [4.69, 9.17) is 9.26 Å². The Hall–Kier alpha value is -3.39. The van der Waals surface area contributed by atoms with Gasteiger partial charge in [0.1, 0.15) is 5.52 Å². The largest absolute Gasteiger partial charge is 0.455 e. The van der Waals surface area contributed by atoms with E-state index in [1.807, 2.05) is 12.1 Å². The Morgan fingerprint density at radius 3 is 2.63 bits per heavy atom. The van der Waals surface area contributed by atoms with E-state index in [9.17, 15) is 4.79 Å². The summed E-state index contributed by atoms with van der Waals surface area (Å²) in [6, 6.07) is 17.1. The minimum atomic E-state index is -3.45. The molecule has 5 rings (SSSR count). The third-order valence-corrected chi connectivity index (χ3v) is 5.39. The number of alkyl halides is 2. The summed E-state index contributed by atoms with van der Waals surface area (Å²) < 4.78 is 41.5. The lowest BCUT2D eigenvalue weighted by Crippen LogP contribution is -2.67. The molecule has 1 saturated heterocycles. The Morgan fingerprint density at radius 2 is 1.80 bits per heavy atom. The van der Waals surface area contributed by atoms with Gasteiger partial charge in [0, 0.05) is 31.0 Å². The van der Waals surface area contributed by atoms with E-state index in [1.54, 1.807) is 42.5 Å². The average Bonchev–Trinajstić information content (AvgIpc) is 3.19. The van der Waals surface area contributed by atoms with E-state index in [1.165, 1.54) is 6.07 Å². The van der Waals surface area contributed by atoms with Gasteiger partial charge >= 0.3 is 0 Å². The summed E-state index contributed by atoms with van der Waals surface area (Å²) in [6.07, 6.45) is -0.557. The van der Waals surface area contributed by atoms with Gasteiger partial charge in [-0.1, -0.05) is 35.5 Å². The molecule has 1 aliphatic rings. The monoisotopic (exact) mass is 409 g/mol. The third-order valence-electron chi connectivity index (χ3n) is 5.39. The van der Waals surface area contributed by atoms with Crippen LogP contribution in [0.2, 0.25) is 0 Å². The number of aromatic nitrogens is 2. The first-order chi connectivity index (χ1) is 14.5. The third kappa shape index (κ3) is 2.83. The lowest BCUT2D eigenvalue weighted by atomic mass is 9.83. The highest BCUT2D eigenvalue weighted by Crippen LogP contribution is 2.41. The fraction of sp³-hybridized carbons (Fsp3) is 0.227. The highest BCUT2D eigenvalue weighted by atomic mass is 19.3. The van der Waals surface area contributed by atoms with E-state index >= 15 is 8.78 Å². The Kier molecular flexibility index (Phi) is 4.25. The average molecular weight is 409 g/mol. The van der Waals surface area contributed by atoms with Crippen LogP contribution in [0.3, 0.4) is 0 Å². The zero-order valence-corrected chi connectivity index (χ0v) is 15.8. The number of rotatable bonds is 4. The van der Waals surface area contributed by atoms with Gasteiger partial charge in [0.2, 0.25) is 11.6 Å². The van der Waals surface area contributed by atoms with Crippen molar-refractivity contribution < 1.29 is 22.8 Å². The molecule has 1 N–H and O–H groups in total. The van der Waals surface area contributed by atoms with E-state index < -0.39 is 23.7 Å². The number of nitrogens with one attached hydrogen (secondary N) is 1. The molecule has 0 amide bonds. The number of carbonyl (C=O) groups excluding carboxylic acids is 1. The number of hydrogen-bond donors (Lipinski definition) is 1. The van der Waals surface area contributed by atoms with Crippen molar-refractivity contribution in [3.8, 4) is 5.88 Å². The van der Waals surface area contributed by atoms with Gasteiger partial charge in [0.15, 0.2) is 0 Å². The number of fused-ring (bicyclic) bond motifs is 2. The van der Waals surface area contributed by atoms with Crippen LogP contribution in [0.4, 0.5) is 8.78 Å². The number of nitrogens with zero attached hydrogens (tertiary/aromatic N) is 2. The Balaban J connectivity index is 1.63. The van der Waals surface area contributed by atoms with E-state index in [2.05, 4.69) is 15.5 Å². The van der Waals surface area contributed by atoms with Gasteiger partial charge in [-0.3, -0.25) is 4.79 Å². The first kappa shape index (κ1) is 18.6. The van der Waals surface area contributed by atoms with Gasteiger partial charge < -0.3 is 14.6 Å². The number of Topliss-reactive ketones (excluding diaryl/α,β-unsaturated/α-hetero) is 1. The first-order valence-electron chi connectivity index (χ1n) is 9.53. The number of ether oxygens (including phenoxy) is 1. The fourth-order valence-corrected chi connectivity index (χ4v) is 3.76. The summed E-state index contributed by atoms with van der Waals surface area (Å²) in [4.78, 5) is 17.8. The van der Waals surface area contributed by atoms with Crippen LogP contribution in [0.1, 0.15) is 17.0 Å². The summed E-state index contributed by atoms with van der Waals surface area (Å²) in [6.45, 7) is -0.323. The van der Waals surface area contributed by atoms with Gasteiger partial charge in [0.25, 0.3) is 17.3 Å². The molecule has 4 aromatic rings. The van der Waals surface area contributed by atoms with E-state index in [0.717, 1.165) is 5.39 Å². The molecule has 1 fully saturated rings. The number of piperidine rings is 1. The molecule has 0 spiro atoms. The van der Waals surface area contributed by atoms with Gasteiger partial charge in [0.05, 0.1) is 10.9 Å². The summed E-state index contributed by atoms with van der Waals surface area (Å²) in [5.41, 5.74) is -1.52. The molecular formula is C22H17F2N3O3. The SMILES string of the molecule is O=C(c1onc2ccccc12)[C@@]1(Oc2ccc3ccccc3n2)CNCCC1(F)F. The van der Waals surface area contributed by atoms with Crippen LogP contribution in [0, 0.1) is 0 Å². The smallest absolute Gasteiger partial charge is 0.297 e. The molecule has 8 heteroatoms. The van der Waals surface area contributed by atoms with Crippen LogP contribution in [0.5, 0.6) is 5.88 Å². The zero-order chi connectivity index (χ0) is 20.8. The molecule has 2 aromatic heterocycles. The molecule has 0 saturated carbocycles. The fourth-order valence-electron chi connectivity index (χ4n) is 3.76. The second-order valence-electron chi connectivity index (χ2n) is 7.26. The topological polar surface area (TPSA) is 77.2 Å². The van der Waals surface area contributed by atoms with Crippen LogP contribution >= 0.6 is 0 Å². The van der Waals surface area contributed by atoms with Crippen LogP contribution < -0.4 is 10.1 Å². The highest BCUT2D eigenvalue weighted by Gasteiger charge is 2.64. The van der Waals surface area contributed by atoms with E-state index in [-0.39, 0.29) is 24.7 Å². The molecule has 0 unspecified atom stereocenters. The molecule has 30 heavy (non-hydrogen) atoms. The summed E-state index contributed by atoms with van der Waals surface area (Å²) in [5, 5.41) is 7.89. The lowest BCUT2D eigenvalue weighted by molar-refractivity contribution is -0.156. The van der Waals surface area contributed by atoms with Gasteiger partial charge in [-0.15, -0.1) is 0 Å². The summed E-state index contributed by atoms with van der Waals surface area (Å²) in [7, 11) is 0. The normalized spacial score (nSPS) is 21.0. The number of ketones is 1. The number of para-hydroxylation sites is 1. The number of benzene rings is 2. The van der Waals surface area contributed by atoms with Crippen molar-refractivity contribution in [3.05, 3.63) is 66.4 Å². The molecule has 152 valence electrons. The summed E-state index contributed by atoms with van der Waals surface area (Å²) >= 11 is 0. The maximum Gasteiger partial charge on any atom is 0.297 e. The lowest BCUT2D eigenvalue weighted by Gasteiger charge is -2.41. The van der Waals surface area contributed by atoms with E-state index in [0.29, 0.717) is 16.4 Å². The Labute approximate surface area is 169 Å². The number of carbonyl (C=O) groups is 1. The highest BCUT2D eigenvalue weighted by molar-refractivity contribution is 6.10. The predicted octanol–water partition coefficient (Wildman–Crippen LogP) is 4.01. The number of halogens is 2. The van der Waals surface area contributed by atoms with Crippen LogP contribution in [-0.2, 0) is 0 Å². The molecule has 0 radical (unpaired) electrons. The zero-order valence-electron chi connectivity index (χ0n) is 15.8. The molecule has 2 aromatic carbocycles. The molecule has 1 aliphatic heterocycles. The van der Waals surface area contributed by atoms with Crippen molar-refractivity contribution in [1.82, 2.24) is 15.5 Å². The second-order valence-corrected chi connectivity index (χ2v) is 7.26. The van der Waals surface area contributed by atoms with Crippen LogP contribution in [-0.4, -0.2) is 40.5 Å². The minimum Gasteiger partial charge on any atom is -0.455 e. The van der Waals surface area contributed by atoms with Crippen molar-refractivity contribution in [2.75, 3.05) is 13.1 Å². The minimum absolute atomic E-state index is 0.0609. The predicted molar refractivity (Wildman–Crippen MR) is 106 cm³/mol. The first-order valence-corrected chi connectivity index (χ1v) is 9.53. The maximum absolute atomic E-state index is 15.3. The maximum atomic E-state index is 15.3. The number of hydrogen-bond acceptors (Lipinski definition) is 6. The second kappa shape index (κ2) is 6.84. The molecule has 3 heterocycles. The van der Waals surface area contributed by atoms with Crippen molar-refractivity contribution in [1.29, 1.82) is 0 Å². The van der Waals surface area contributed by atoms with Crippen molar-refractivity contribution in [2.45, 2.75) is 17.9 Å². The Bertz CT molecular complexity index is 1260. The molecule has 0 aliphatic carbocycles. The van der Waals surface area contributed by atoms with Gasteiger partial charge in [-0.05, 0) is 24.3 Å². The van der Waals surface area contributed by atoms with Crippen molar-refractivity contribution >= 4 is 27.6 Å². The summed E-state index contributed by atoms with van der Waals surface area (Å²) in [5.74, 6) is -4.73. The molecule has 0 bridgehead atoms. The molecule has 1 atom stereocenters. The van der Waals surface area contributed by atoms with Crippen molar-refractivity contribution in [3.63, 3.8) is 0 Å². The van der Waals surface area contributed by atoms with Crippen LogP contribution in [0.15, 0.2) is 65.2 Å². The molecular weight excluding hydrogens is 392 g/mol. The standard InChI is InChI=1S/C22H17F2N3O3/c23-22(24)11-12-25-13-21(22,20(28)19-15-6-2-4-8-17(15)27-30-19)29-18-10-9-14-5-1-3-7-16(14)26-18/h1-10,25H,11-13H2/t21-/m0/s1.